The Morgan fingerprint density at radius 2 is 2.03 bits per heavy atom. The average molecular weight is 473 g/mol. The largest absolute Gasteiger partial charge is 0.484 e. The van der Waals surface area contributed by atoms with Gasteiger partial charge in [0.2, 0.25) is 0 Å². The molecule has 0 radical (unpaired) electrons. The van der Waals surface area contributed by atoms with Gasteiger partial charge in [-0.15, -0.1) is 0 Å². The molecule has 3 rings (SSSR count). The fourth-order valence-electron chi connectivity index (χ4n) is 3.07. The molecule has 1 fully saturated rings. The summed E-state index contributed by atoms with van der Waals surface area (Å²) in [6.07, 6.45) is 3.13. The SMILES string of the molecule is Cc1c(Cl)cccc1NC(=O)COc1cccc(/C=N\NC(=O)C(=O)NC[C@@H]2CCCO2)c1. The highest BCUT2D eigenvalue weighted by atomic mass is 35.5. The molecule has 0 spiro atoms. The number of hydrogen-bond acceptors (Lipinski definition) is 6. The molecule has 1 aliphatic heterocycles. The molecule has 3 N–H and O–H groups in total. The van der Waals surface area contributed by atoms with E-state index in [-0.39, 0.29) is 18.6 Å². The summed E-state index contributed by atoms with van der Waals surface area (Å²) in [5, 5.41) is 9.62. The zero-order valence-corrected chi connectivity index (χ0v) is 18.9. The van der Waals surface area contributed by atoms with Gasteiger partial charge in [0.25, 0.3) is 5.91 Å². The molecule has 1 aliphatic rings. The zero-order valence-electron chi connectivity index (χ0n) is 18.1. The minimum absolute atomic E-state index is 0.0513. The number of rotatable bonds is 8. The number of anilines is 1. The summed E-state index contributed by atoms with van der Waals surface area (Å²) in [5.74, 6) is -1.54. The number of carbonyl (C=O) groups excluding carboxylic acids is 3. The first-order valence-corrected chi connectivity index (χ1v) is 10.8. The van der Waals surface area contributed by atoms with Crippen molar-refractivity contribution in [2.24, 2.45) is 5.10 Å². The van der Waals surface area contributed by atoms with Gasteiger partial charge in [-0.3, -0.25) is 14.4 Å². The molecule has 174 valence electrons. The Morgan fingerprint density at radius 3 is 2.82 bits per heavy atom. The first kappa shape index (κ1) is 24.2. The maximum Gasteiger partial charge on any atom is 0.329 e. The molecule has 10 heteroatoms. The van der Waals surface area contributed by atoms with E-state index in [0.717, 1.165) is 18.4 Å². The van der Waals surface area contributed by atoms with Crippen LogP contribution in [0.15, 0.2) is 47.6 Å². The standard InChI is InChI=1S/C23H25ClN4O5/c1-15-19(24)8-3-9-20(15)27-21(29)14-33-17-6-2-5-16(11-17)12-26-28-23(31)22(30)25-13-18-7-4-10-32-18/h2-3,5-6,8-9,11-12,18H,4,7,10,13-14H2,1H3,(H,25,30)(H,27,29)(H,28,31)/b26-12-/t18-/m0/s1. The van der Waals surface area contributed by atoms with Crippen LogP contribution in [-0.2, 0) is 19.1 Å². The Labute approximate surface area is 196 Å². The van der Waals surface area contributed by atoms with Crippen LogP contribution in [0.5, 0.6) is 5.75 Å². The second-order valence-electron chi connectivity index (χ2n) is 7.37. The molecule has 0 bridgehead atoms. The van der Waals surface area contributed by atoms with Gasteiger partial charge in [-0.05, 0) is 55.2 Å². The van der Waals surface area contributed by atoms with Gasteiger partial charge >= 0.3 is 11.8 Å². The van der Waals surface area contributed by atoms with Gasteiger partial charge in [0.1, 0.15) is 5.75 Å². The quantitative estimate of drug-likeness (QED) is 0.310. The third-order valence-electron chi connectivity index (χ3n) is 4.87. The van der Waals surface area contributed by atoms with E-state index in [1.807, 2.05) is 6.92 Å². The Balaban J connectivity index is 1.44. The van der Waals surface area contributed by atoms with Crippen LogP contribution in [0.1, 0.15) is 24.0 Å². The Bertz CT molecular complexity index is 1040. The zero-order chi connectivity index (χ0) is 23.6. The van der Waals surface area contributed by atoms with Crippen molar-refractivity contribution >= 4 is 41.2 Å². The maximum absolute atomic E-state index is 12.2. The van der Waals surface area contributed by atoms with E-state index in [9.17, 15) is 14.4 Å². The van der Waals surface area contributed by atoms with E-state index < -0.39 is 11.8 Å². The van der Waals surface area contributed by atoms with Gasteiger partial charge in [0.05, 0.1) is 12.3 Å². The molecule has 33 heavy (non-hydrogen) atoms. The molecular formula is C23H25ClN4O5. The summed E-state index contributed by atoms with van der Waals surface area (Å²) in [6, 6.07) is 12.0. The lowest BCUT2D eigenvalue weighted by atomic mass is 10.2. The van der Waals surface area contributed by atoms with E-state index >= 15 is 0 Å². The number of nitrogens with one attached hydrogen (secondary N) is 3. The van der Waals surface area contributed by atoms with Crippen LogP contribution in [0.2, 0.25) is 5.02 Å². The molecular weight excluding hydrogens is 448 g/mol. The van der Waals surface area contributed by atoms with Gasteiger partial charge < -0.3 is 20.1 Å². The third-order valence-corrected chi connectivity index (χ3v) is 5.28. The van der Waals surface area contributed by atoms with Crippen molar-refractivity contribution in [1.82, 2.24) is 10.7 Å². The predicted molar refractivity (Wildman–Crippen MR) is 124 cm³/mol. The minimum atomic E-state index is -0.871. The molecule has 9 nitrogen and oxygen atoms in total. The molecule has 0 unspecified atom stereocenters. The smallest absolute Gasteiger partial charge is 0.329 e. The van der Waals surface area contributed by atoms with Crippen molar-refractivity contribution in [3.05, 3.63) is 58.6 Å². The average Bonchev–Trinajstić information content (AvgIpc) is 3.33. The lowest BCUT2D eigenvalue weighted by molar-refractivity contribution is -0.139. The summed E-state index contributed by atoms with van der Waals surface area (Å²) in [4.78, 5) is 35.8. The van der Waals surface area contributed by atoms with Crippen molar-refractivity contribution in [2.75, 3.05) is 25.1 Å². The van der Waals surface area contributed by atoms with E-state index in [4.69, 9.17) is 21.1 Å². The molecule has 0 aliphatic carbocycles. The van der Waals surface area contributed by atoms with Crippen LogP contribution < -0.4 is 20.8 Å². The van der Waals surface area contributed by atoms with Crippen molar-refractivity contribution in [3.63, 3.8) is 0 Å². The number of amides is 3. The molecule has 0 aromatic heterocycles. The minimum Gasteiger partial charge on any atom is -0.484 e. The predicted octanol–water partition coefficient (Wildman–Crippen LogP) is 2.41. The Hall–Kier alpha value is -3.43. The number of ether oxygens (including phenoxy) is 2. The van der Waals surface area contributed by atoms with Crippen molar-refractivity contribution in [1.29, 1.82) is 0 Å². The first-order valence-electron chi connectivity index (χ1n) is 10.4. The molecule has 1 atom stereocenters. The number of hydrazone groups is 1. The number of benzene rings is 2. The monoisotopic (exact) mass is 472 g/mol. The lowest BCUT2D eigenvalue weighted by Crippen LogP contribution is -2.41. The first-order chi connectivity index (χ1) is 15.9. The van der Waals surface area contributed by atoms with Crippen LogP contribution in [0.4, 0.5) is 5.69 Å². The van der Waals surface area contributed by atoms with Gasteiger partial charge in [0.15, 0.2) is 6.61 Å². The highest BCUT2D eigenvalue weighted by Crippen LogP contribution is 2.23. The van der Waals surface area contributed by atoms with E-state index in [0.29, 0.717) is 35.2 Å². The second-order valence-corrected chi connectivity index (χ2v) is 7.77. The van der Waals surface area contributed by atoms with Gasteiger partial charge in [0, 0.05) is 23.9 Å². The number of hydrogen-bond donors (Lipinski definition) is 3. The Kier molecular flexibility index (Phi) is 8.79. The molecule has 2 aromatic carbocycles. The molecule has 1 heterocycles. The summed E-state index contributed by atoms with van der Waals surface area (Å²) >= 11 is 6.06. The summed E-state index contributed by atoms with van der Waals surface area (Å²) in [6.45, 7) is 2.58. The fourth-order valence-corrected chi connectivity index (χ4v) is 3.25. The topological polar surface area (TPSA) is 118 Å². The summed E-state index contributed by atoms with van der Waals surface area (Å²) < 4.78 is 10.9. The van der Waals surface area contributed by atoms with Gasteiger partial charge in [-0.25, -0.2) is 5.43 Å². The highest BCUT2D eigenvalue weighted by molar-refractivity contribution is 6.35. The molecule has 2 aromatic rings. The second kappa shape index (κ2) is 12.0. The van der Waals surface area contributed by atoms with Crippen LogP contribution in [0.25, 0.3) is 0 Å². The number of nitrogens with zero attached hydrogens (tertiary/aromatic N) is 1. The summed E-state index contributed by atoms with van der Waals surface area (Å²) in [5.41, 5.74) is 4.17. The molecule has 3 amide bonds. The van der Waals surface area contributed by atoms with E-state index in [1.165, 1.54) is 6.21 Å². The van der Waals surface area contributed by atoms with E-state index in [1.54, 1.807) is 42.5 Å². The van der Waals surface area contributed by atoms with Crippen LogP contribution >= 0.6 is 11.6 Å². The van der Waals surface area contributed by atoms with Crippen LogP contribution in [0.3, 0.4) is 0 Å². The van der Waals surface area contributed by atoms with Crippen molar-refractivity contribution in [3.8, 4) is 5.75 Å². The van der Waals surface area contributed by atoms with Crippen LogP contribution in [0, 0.1) is 6.92 Å². The van der Waals surface area contributed by atoms with Crippen molar-refractivity contribution < 1.29 is 23.9 Å². The lowest BCUT2D eigenvalue weighted by Gasteiger charge is -2.10. The van der Waals surface area contributed by atoms with Gasteiger partial charge in [-0.2, -0.15) is 5.10 Å². The van der Waals surface area contributed by atoms with Gasteiger partial charge in [-0.1, -0.05) is 29.8 Å². The third kappa shape index (κ3) is 7.58. The number of carbonyl (C=O) groups is 3. The maximum atomic E-state index is 12.2. The van der Waals surface area contributed by atoms with Crippen molar-refractivity contribution in [2.45, 2.75) is 25.9 Å². The molecule has 1 saturated heterocycles. The highest BCUT2D eigenvalue weighted by Gasteiger charge is 2.19. The summed E-state index contributed by atoms with van der Waals surface area (Å²) in [7, 11) is 0. The van der Waals surface area contributed by atoms with Crippen LogP contribution in [-0.4, -0.2) is 49.8 Å². The number of halogens is 1. The molecule has 0 saturated carbocycles. The Morgan fingerprint density at radius 1 is 1.21 bits per heavy atom. The van der Waals surface area contributed by atoms with E-state index in [2.05, 4.69) is 21.2 Å². The fraction of sp³-hybridized carbons (Fsp3) is 0.304. The normalized spacial score (nSPS) is 15.3.